The van der Waals surface area contributed by atoms with E-state index in [9.17, 15) is 0 Å². The first-order chi connectivity index (χ1) is 9.84. The van der Waals surface area contributed by atoms with Gasteiger partial charge in [-0.15, -0.1) is 0 Å². The van der Waals surface area contributed by atoms with E-state index in [-0.39, 0.29) is 0 Å². The van der Waals surface area contributed by atoms with Crippen molar-refractivity contribution in [3.05, 3.63) is 34.8 Å². The van der Waals surface area contributed by atoms with Crippen LogP contribution in [0.1, 0.15) is 12.5 Å². The summed E-state index contributed by atoms with van der Waals surface area (Å²) in [7, 11) is 0. The number of halogens is 1. The summed E-state index contributed by atoms with van der Waals surface area (Å²) in [4.78, 5) is 0. The highest BCUT2D eigenvalue weighted by molar-refractivity contribution is 9.10. The maximum absolute atomic E-state index is 4.88. The molecule has 0 bridgehead atoms. The molecule has 0 aliphatic carbocycles. The first kappa shape index (κ1) is 12.4. The molecule has 5 heteroatoms. The summed E-state index contributed by atoms with van der Waals surface area (Å²) in [6.45, 7) is 3.18. The van der Waals surface area contributed by atoms with Crippen molar-refractivity contribution in [1.29, 1.82) is 0 Å². The average Bonchev–Trinajstić information content (AvgIpc) is 2.86. The van der Waals surface area contributed by atoms with Crippen LogP contribution in [0.25, 0.3) is 11.3 Å². The molecule has 20 heavy (non-hydrogen) atoms. The van der Waals surface area contributed by atoms with E-state index in [0.29, 0.717) is 12.0 Å². The van der Waals surface area contributed by atoms with E-state index >= 15 is 0 Å². The maximum atomic E-state index is 4.88. The van der Waals surface area contributed by atoms with Crippen LogP contribution in [0, 0.1) is 5.92 Å². The van der Waals surface area contributed by atoms with Gasteiger partial charge in [-0.05, 0) is 28.9 Å². The Morgan fingerprint density at radius 1 is 1.20 bits per heavy atom. The molecule has 1 saturated heterocycles. The number of rotatable bonds is 1. The van der Waals surface area contributed by atoms with Gasteiger partial charge in [-0.1, -0.05) is 30.3 Å². The van der Waals surface area contributed by atoms with Crippen molar-refractivity contribution in [3.8, 4) is 11.3 Å². The van der Waals surface area contributed by atoms with Gasteiger partial charge in [0, 0.05) is 24.6 Å². The molecule has 2 aliphatic heterocycles. The standard InChI is InChI=1S/C15H17BrN4/c16-13-14(10-4-2-1-3-5-10)19-20-12-6-7-17-8-11(12)9-18-15(13)20/h1-5,11-12,17-18H,6-9H2. The molecule has 0 saturated carbocycles. The van der Waals surface area contributed by atoms with E-state index in [2.05, 4.69) is 55.5 Å². The Bertz CT molecular complexity index is 622. The van der Waals surface area contributed by atoms with Crippen molar-refractivity contribution in [2.75, 3.05) is 25.0 Å². The fourth-order valence-corrected chi connectivity index (χ4v) is 3.89. The van der Waals surface area contributed by atoms with Gasteiger partial charge in [0.2, 0.25) is 0 Å². The monoisotopic (exact) mass is 332 g/mol. The van der Waals surface area contributed by atoms with Crippen molar-refractivity contribution >= 4 is 21.7 Å². The highest BCUT2D eigenvalue weighted by atomic mass is 79.9. The minimum Gasteiger partial charge on any atom is -0.369 e. The number of piperidine rings is 1. The van der Waals surface area contributed by atoms with Crippen LogP contribution in [0.3, 0.4) is 0 Å². The third-order valence-corrected chi connectivity index (χ3v) is 5.06. The Kier molecular flexibility index (Phi) is 3.04. The van der Waals surface area contributed by atoms with Gasteiger partial charge in [-0.2, -0.15) is 5.10 Å². The van der Waals surface area contributed by atoms with Gasteiger partial charge < -0.3 is 10.6 Å². The molecule has 0 spiro atoms. The Morgan fingerprint density at radius 2 is 2.05 bits per heavy atom. The molecule has 2 N–H and O–H groups in total. The fraction of sp³-hybridized carbons (Fsp3) is 0.400. The van der Waals surface area contributed by atoms with Crippen LogP contribution >= 0.6 is 15.9 Å². The van der Waals surface area contributed by atoms with Crippen LogP contribution in [0.5, 0.6) is 0 Å². The molecular formula is C15H17BrN4. The van der Waals surface area contributed by atoms with Crippen LogP contribution in [-0.2, 0) is 0 Å². The van der Waals surface area contributed by atoms with Crippen molar-refractivity contribution < 1.29 is 0 Å². The van der Waals surface area contributed by atoms with Crippen molar-refractivity contribution in [2.24, 2.45) is 5.92 Å². The molecule has 2 aliphatic rings. The summed E-state index contributed by atoms with van der Waals surface area (Å²) in [5.41, 5.74) is 2.20. The summed E-state index contributed by atoms with van der Waals surface area (Å²) in [6.07, 6.45) is 1.15. The summed E-state index contributed by atoms with van der Waals surface area (Å²) in [5, 5.41) is 11.9. The van der Waals surface area contributed by atoms with Gasteiger partial charge in [0.05, 0.1) is 10.5 Å². The Balaban J connectivity index is 1.80. The Hall–Kier alpha value is -1.33. The molecule has 4 nitrogen and oxygen atoms in total. The summed E-state index contributed by atoms with van der Waals surface area (Å²) in [6, 6.07) is 10.9. The molecule has 4 rings (SSSR count). The highest BCUT2D eigenvalue weighted by Crippen LogP contribution is 2.40. The van der Waals surface area contributed by atoms with Gasteiger partial charge in [0.1, 0.15) is 11.5 Å². The van der Waals surface area contributed by atoms with Crippen molar-refractivity contribution in [3.63, 3.8) is 0 Å². The van der Waals surface area contributed by atoms with Crippen LogP contribution < -0.4 is 10.6 Å². The maximum Gasteiger partial charge on any atom is 0.139 e. The number of hydrogen-bond donors (Lipinski definition) is 2. The molecule has 2 atom stereocenters. The number of nitrogens with one attached hydrogen (secondary N) is 2. The molecular weight excluding hydrogens is 316 g/mol. The van der Waals surface area contributed by atoms with Crippen LogP contribution in [0.15, 0.2) is 34.8 Å². The average molecular weight is 333 g/mol. The van der Waals surface area contributed by atoms with Crippen molar-refractivity contribution in [1.82, 2.24) is 15.1 Å². The van der Waals surface area contributed by atoms with E-state index in [1.807, 2.05) is 6.07 Å². The second-order valence-electron chi connectivity index (χ2n) is 5.52. The Labute approximate surface area is 126 Å². The van der Waals surface area contributed by atoms with E-state index in [1.54, 1.807) is 0 Å². The lowest BCUT2D eigenvalue weighted by Crippen LogP contribution is -2.44. The molecule has 104 valence electrons. The third kappa shape index (κ3) is 1.88. The van der Waals surface area contributed by atoms with E-state index in [1.165, 1.54) is 0 Å². The first-order valence-corrected chi connectivity index (χ1v) is 7.92. The van der Waals surface area contributed by atoms with Crippen molar-refractivity contribution in [2.45, 2.75) is 12.5 Å². The second-order valence-corrected chi connectivity index (χ2v) is 6.32. The SMILES string of the molecule is Brc1c(-c2ccccc2)nn2c1NCC1CNCCC12. The van der Waals surface area contributed by atoms with Crippen LogP contribution in [0.4, 0.5) is 5.82 Å². The lowest BCUT2D eigenvalue weighted by molar-refractivity contribution is 0.238. The molecule has 1 aromatic heterocycles. The molecule has 0 amide bonds. The fourth-order valence-electron chi connectivity index (χ4n) is 3.26. The van der Waals surface area contributed by atoms with E-state index < -0.39 is 0 Å². The predicted octanol–water partition coefficient (Wildman–Crippen LogP) is 2.89. The van der Waals surface area contributed by atoms with E-state index in [0.717, 1.165) is 47.6 Å². The zero-order valence-electron chi connectivity index (χ0n) is 11.1. The highest BCUT2D eigenvalue weighted by Gasteiger charge is 2.34. The minimum atomic E-state index is 0.515. The predicted molar refractivity (Wildman–Crippen MR) is 83.9 cm³/mol. The van der Waals surface area contributed by atoms with Crippen LogP contribution in [0.2, 0.25) is 0 Å². The van der Waals surface area contributed by atoms with Gasteiger partial charge in [0.15, 0.2) is 0 Å². The molecule has 2 aromatic rings. The lowest BCUT2D eigenvalue weighted by Gasteiger charge is -2.37. The van der Waals surface area contributed by atoms with Crippen LogP contribution in [-0.4, -0.2) is 29.4 Å². The third-order valence-electron chi connectivity index (χ3n) is 4.31. The van der Waals surface area contributed by atoms with Gasteiger partial charge >= 0.3 is 0 Å². The van der Waals surface area contributed by atoms with Gasteiger partial charge in [-0.25, -0.2) is 4.68 Å². The molecule has 3 heterocycles. The van der Waals surface area contributed by atoms with Gasteiger partial charge in [-0.3, -0.25) is 0 Å². The zero-order valence-corrected chi connectivity index (χ0v) is 12.7. The zero-order chi connectivity index (χ0) is 13.5. The molecule has 0 radical (unpaired) electrons. The topological polar surface area (TPSA) is 41.9 Å². The normalized spacial score (nSPS) is 24.6. The number of hydrogen-bond acceptors (Lipinski definition) is 3. The number of benzene rings is 1. The van der Waals surface area contributed by atoms with E-state index in [4.69, 9.17) is 5.10 Å². The molecule has 1 fully saturated rings. The number of fused-ring (bicyclic) bond motifs is 3. The molecule has 2 unspecified atom stereocenters. The smallest absolute Gasteiger partial charge is 0.139 e. The quantitative estimate of drug-likeness (QED) is 0.843. The number of nitrogens with zero attached hydrogens (tertiary/aromatic N) is 2. The second kappa shape index (κ2) is 4.90. The summed E-state index contributed by atoms with van der Waals surface area (Å²) >= 11 is 3.73. The number of anilines is 1. The molecule has 1 aromatic carbocycles. The Morgan fingerprint density at radius 3 is 2.90 bits per heavy atom. The summed E-state index contributed by atoms with van der Waals surface area (Å²) < 4.78 is 3.28. The minimum absolute atomic E-state index is 0.515. The number of aromatic nitrogens is 2. The summed E-state index contributed by atoms with van der Waals surface area (Å²) in [5.74, 6) is 1.76. The largest absolute Gasteiger partial charge is 0.369 e. The lowest BCUT2D eigenvalue weighted by atomic mass is 9.92. The van der Waals surface area contributed by atoms with Gasteiger partial charge in [0.25, 0.3) is 0 Å². The first-order valence-electron chi connectivity index (χ1n) is 7.12.